The molecule has 0 N–H and O–H groups in total. The molecule has 0 saturated carbocycles. The average Bonchev–Trinajstić information content (AvgIpc) is 2.75. The smallest absolute Gasteiger partial charge is 0.100 e. The first-order valence-electron chi connectivity index (χ1n) is 8.96. The molecule has 4 aromatic rings. The minimum absolute atomic E-state index is 0.678. The molecule has 0 atom stereocenters. The van der Waals surface area contributed by atoms with Gasteiger partial charge in [0, 0.05) is 10.6 Å². The summed E-state index contributed by atoms with van der Waals surface area (Å²) in [5.74, 6) is 0. The van der Waals surface area contributed by atoms with Crippen LogP contribution >= 0.6 is 11.6 Å². The largest absolute Gasteiger partial charge is 0.188 e. The summed E-state index contributed by atoms with van der Waals surface area (Å²) < 4.78 is 0. The molecule has 3 heteroatoms. The van der Waals surface area contributed by atoms with Gasteiger partial charge in [0.2, 0.25) is 0 Å². The van der Waals surface area contributed by atoms with Crippen molar-refractivity contribution in [1.29, 1.82) is 0 Å². The topological polar surface area (TPSA) is 24.7 Å². The highest BCUT2D eigenvalue weighted by molar-refractivity contribution is 6.30. The first-order valence-corrected chi connectivity index (χ1v) is 9.34. The summed E-state index contributed by atoms with van der Waals surface area (Å²) >= 11 is 5.92. The van der Waals surface area contributed by atoms with Gasteiger partial charge in [0.1, 0.15) is 6.01 Å². The summed E-state index contributed by atoms with van der Waals surface area (Å²) in [6, 6.07) is 34.8. The molecule has 0 amide bonds. The van der Waals surface area contributed by atoms with Crippen LogP contribution in [0, 0.1) is 0 Å². The molecule has 0 saturated heterocycles. The number of fused-ring (bicyclic) bond motifs is 1. The highest BCUT2D eigenvalue weighted by Crippen LogP contribution is 2.24. The normalized spacial score (nSPS) is 11.1. The molecule has 4 aromatic carbocycles. The van der Waals surface area contributed by atoms with Crippen LogP contribution in [0.2, 0.25) is 5.02 Å². The SMILES string of the molecule is Clc1ccc(N=C=N/C(=C/c2ccccc2)c2ccc3ccccc3c2)cc1. The number of rotatable bonds is 4. The summed E-state index contributed by atoms with van der Waals surface area (Å²) in [7, 11) is 0. The van der Waals surface area contributed by atoms with Gasteiger partial charge in [-0.1, -0.05) is 78.3 Å². The number of nitrogens with zero attached hydrogens (tertiary/aromatic N) is 2. The first-order chi connectivity index (χ1) is 13.8. The predicted octanol–water partition coefficient (Wildman–Crippen LogP) is 7.50. The van der Waals surface area contributed by atoms with Crippen LogP contribution in [-0.2, 0) is 0 Å². The fourth-order valence-corrected chi connectivity index (χ4v) is 3.01. The van der Waals surface area contributed by atoms with E-state index in [9.17, 15) is 0 Å². The summed E-state index contributed by atoms with van der Waals surface area (Å²) in [5.41, 5.74) is 3.64. The second kappa shape index (κ2) is 8.49. The van der Waals surface area contributed by atoms with E-state index < -0.39 is 0 Å². The Labute approximate surface area is 169 Å². The van der Waals surface area contributed by atoms with E-state index in [1.54, 1.807) is 12.1 Å². The van der Waals surface area contributed by atoms with Gasteiger partial charge in [-0.3, -0.25) is 0 Å². The van der Waals surface area contributed by atoms with E-state index in [0.717, 1.165) is 22.5 Å². The van der Waals surface area contributed by atoms with E-state index in [4.69, 9.17) is 11.6 Å². The summed E-state index contributed by atoms with van der Waals surface area (Å²) in [6.07, 6.45) is 2.04. The Bertz CT molecular complexity index is 1190. The van der Waals surface area contributed by atoms with Crippen LogP contribution in [0.25, 0.3) is 22.5 Å². The monoisotopic (exact) mass is 380 g/mol. The second-order valence-corrected chi connectivity index (χ2v) is 6.74. The lowest BCUT2D eigenvalue weighted by molar-refractivity contribution is 1.50. The minimum Gasteiger partial charge on any atom is -0.188 e. The van der Waals surface area contributed by atoms with Crippen LogP contribution in [0.4, 0.5) is 5.69 Å². The summed E-state index contributed by atoms with van der Waals surface area (Å²) in [4.78, 5) is 8.83. The lowest BCUT2D eigenvalue weighted by Crippen LogP contribution is -1.83. The van der Waals surface area contributed by atoms with Crippen LogP contribution < -0.4 is 0 Å². The quantitative estimate of drug-likeness (QED) is 0.258. The van der Waals surface area contributed by atoms with Gasteiger partial charge in [-0.2, -0.15) is 9.98 Å². The molecule has 4 rings (SSSR count). The Hall–Kier alpha value is -3.45. The fraction of sp³-hybridized carbons (Fsp3) is 0. The molecule has 0 aliphatic rings. The first kappa shape index (κ1) is 17.9. The van der Waals surface area contributed by atoms with Gasteiger partial charge in [0.15, 0.2) is 0 Å². The van der Waals surface area contributed by atoms with Gasteiger partial charge in [-0.05, 0) is 52.7 Å². The van der Waals surface area contributed by atoms with E-state index in [0.29, 0.717) is 5.02 Å². The summed E-state index contributed by atoms with van der Waals surface area (Å²) in [6.45, 7) is 0. The fourth-order valence-electron chi connectivity index (χ4n) is 2.89. The Kier molecular flexibility index (Phi) is 5.44. The van der Waals surface area contributed by atoms with E-state index in [2.05, 4.69) is 46.3 Å². The number of benzene rings is 4. The van der Waals surface area contributed by atoms with Crippen LogP contribution in [-0.4, -0.2) is 6.01 Å². The van der Waals surface area contributed by atoms with Crippen LogP contribution in [0.5, 0.6) is 0 Å². The van der Waals surface area contributed by atoms with Crippen molar-refractivity contribution in [2.24, 2.45) is 9.98 Å². The van der Waals surface area contributed by atoms with Gasteiger partial charge in [-0.25, -0.2) is 0 Å². The standard InChI is InChI=1S/C25H17ClN2/c26-23-12-14-24(15-13-23)27-18-28-25(16-19-6-2-1-3-7-19)22-11-10-20-8-4-5-9-21(20)17-22/h1-17H/b25-16+. The van der Waals surface area contributed by atoms with Crippen molar-refractivity contribution in [3.63, 3.8) is 0 Å². The third-order valence-electron chi connectivity index (χ3n) is 4.32. The Morgan fingerprint density at radius 3 is 2.25 bits per heavy atom. The molecule has 0 unspecified atom stereocenters. The molecule has 0 radical (unpaired) electrons. The Balaban J connectivity index is 1.76. The third kappa shape index (κ3) is 4.44. The lowest BCUT2D eigenvalue weighted by Gasteiger charge is -2.04. The van der Waals surface area contributed by atoms with Gasteiger partial charge >= 0.3 is 0 Å². The molecule has 0 aliphatic carbocycles. The second-order valence-electron chi connectivity index (χ2n) is 6.30. The molecular weight excluding hydrogens is 364 g/mol. The molecule has 0 heterocycles. The van der Waals surface area contributed by atoms with Crippen LogP contribution in [0.3, 0.4) is 0 Å². The maximum atomic E-state index is 5.92. The molecule has 134 valence electrons. The van der Waals surface area contributed by atoms with Crippen molar-refractivity contribution in [2.75, 3.05) is 0 Å². The molecule has 0 fully saturated rings. The lowest BCUT2D eigenvalue weighted by atomic mass is 10.0. The zero-order chi connectivity index (χ0) is 19.2. The van der Waals surface area contributed by atoms with Gasteiger partial charge in [0.25, 0.3) is 0 Å². The third-order valence-corrected chi connectivity index (χ3v) is 4.58. The molecule has 28 heavy (non-hydrogen) atoms. The highest BCUT2D eigenvalue weighted by atomic mass is 35.5. The van der Waals surface area contributed by atoms with Crippen molar-refractivity contribution in [3.05, 3.63) is 113 Å². The zero-order valence-corrected chi connectivity index (χ0v) is 15.8. The predicted molar refractivity (Wildman–Crippen MR) is 119 cm³/mol. The molecule has 0 aliphatic heterocycles. The van der Waals surface area contributed by atoms with Gasteiger partial charge in [-0.15, -0.1) is 0 Å². The van der Waals surface area contributed by atoms with Gasteiger partial charge < -0.3 is 0 Å². The number of halogens is 1. The molecule has 0 bridgehead atoms. The molecule has 2 nitrogen and oxygen atoms in total. The van der Waals surface area contributed by atoms with Crippen molar-refractivity contribution < 1.29 is 0 Å². The van der Waals surface area contributed by atoms with Crippen molar-refractivity contribution >= 4 is 45.8 Å². The van der Waals surface area contributed by atoms with Crippen molar-refractivity contribution in [2.45, 2.75) is 0 Å². The van der Waals surface area contributed by atoms with Crippen molar-refractivity contribution in [1.82, 2.24) is 0 Å². The highest BCUT2D eigenvalue weighted by Gasteiger charge is 2.02. The molecular formula is C25H17ClN2. The molecule has 0 aromatic heterocycles. The Morgan fingerprint density at radius 2 is 1.46 bits per heavy atom. The molecule has 0 spiro atoms. The zero-order valence-electron chi connectivity index (χ0n) is 15.1. The van der Waals surface area contributed by atoms with E-state index in [1.165, 1.54) is 10.8 Å². The van der Waals surface area contributed by atoms with Crippen LogP contribution in [0.1, 0.15) is 11.1 Å². The van der Waals surface area contributed by atoms with Crippen LogP contribution in [0.15, 0.2) is 107 Å². The Morgan fingerprint density at radius 1 is 0.750 bits per heavy atom. The number of aliphatic imine (C=N–C) groups is 2. The number of hydrogen-bond donors (Lipinski definition) is 0. The van der Waals surface area contributed by atoms with Crippen molar-refractivity contribution in [3.8, 4) is 0 Å². The van der Waals surface area contributed by atoms with Gasteiger partial charge in [0.05, 0.1) is 11.4 Å². The maximum Gasteiger partial charge on any atom is 0.100 e. The minimum atomic E-state index is 0.678. The maximum absolute atomic E-state index is 5.92. The van der Waals surface area contributed by atoms with E-state index in [1.807, 2.05) is 60.7 Å². The summed E-state index contributed by atoms with van der Waals surface area (Å²) in [5, 5.41) is 3.05. The van der Waals surface area contributed by atoms with E-state index in [-0.39, 0.29) is 0 Å². The van der Waals surface area contributed by atoms with E-state index >= 15 is 0 Å². The number of hydrogen-bond acceptors (Lipinski definition) is 2. The average molecular weight is 381 g/mol.